The van der Waals surface area contributed by atoms with Crippen LogP contribution in [0.3, 0.4) is 0 Å². The summed E-state index contributed by atoms with van der Waals surface area (Å²) in [5.74, 6) is -16.9. The topological polar surface area (TPSA) is 1130 Å². The van der Waals surface area contributed by atoms with Crippen LogP contribution in [0, 0.1) is 0 Å². The number of carbonyl (C=O) groups is 4. The molecule has 11 aliphatic heterocycles. The normalized spacial score (nSPS) is 49.0. The zero-order chi connectivity index (χ0) is 105. The Bertz CT molecular complexity index is 4060. The number of carboxylic acid groups (broad SMARTS) is 4. The Morgan fingerprint density at radius 3 is 1.31 bits per heavy atom. The molecule has 0 spiro atoms. The minimum atomic E-state index is -5.97. The van der Waals surface area contributed by atoms with Crippen LogP contribution in [0.5, 0.6) is 0 Å². The maximum Gasteiger partial charge on any atom is 0.470 e. The van der Waals surface area contributed by atoms with E-state index in [0.717, 1.165) is 0 Å². The Kier molecular flexibility index (Phi) is 40.7. The van der Waals surface area contributed by atoms with Crippen LogP contribution in [0.25, 0.3) is 0 Å². The van der Waals surface area contributed by atoms with Crippen molar-refractivity contribution in [1.82, 2.24) is 0 Å². The molecule has 0 amide bonds. The molecule has 68 nitrogen and oxygen atoms in total. The second-order valence-corrected chi connectivity index (χ2v) is 36.3. The lowest BCUT2D eigenvalue weighted by Gasteiger charge is -2.53. The van der Waals surface area contributed by atoms with Crippen LogP contribution in [0.1, 0.15) is 12.8 Å². The number of ether oxygens (including phenoxy) is 21. The number of phosphoric acid groups is 1. The molecule has 0 aromatic rings. The molecule has 69 heteroatoms. The minimum Gasteiger partial charge on any atom is -0.479 e. The minimum absolute atomic E-state index is 1.02. The van der Waals surface area contributed by atoms with Crippen molar-refractivity contribution in [1.29, 1.82) is 0 Å². The zero-order valence-corrected chi connectivity index (χ0v) is 74.1. The van der Waals surface area contributed by atoms with Crippen molar-refractivity contribution in [3.63, 3.8) is 0 Å². The van der Waals surface area contributed by atoms with E-state index in [-0.39, 0.29) is 0 Å². The van der Waals surface area contributed by atoms with E-state index < -0.39 is 459 Å². The molecule has 0 bridgehead atoms. The van der Waals surface area contributed by atoms with Crippen LogP contribution < -0.4 is 11.5 Å². The van der Waals surface area contributed by atoms with Gasteiger partial charge in [0.1, 0.15) is 250 Å². The van der Waals surface area contributed by atoms with Gasteiger partial charge in [-0.1, -0.05) is 0 Å². The predicted octanol–water partition coefficient (Wildman–Crippen LogP) is -27.0. The van der Waals surface area contributed by atoms with Gasteiger partial charge in [0.05, 0.1) is 83.8 Å². The van der Waals surface area contributed by atoms with Crippen LogP contribution in [-0.4, -0.2) is 637 Å². The summed E-state index contributed by atoms with van der Waals surface area (Å²) in [6.45, 7) is -12.9. The number of aliphatic hydroxyl groups excluding tert-OH is 33. The van der Waals surface area contributed by atoms with Gasteiger partial charge in [-0.25, -0.2) is 23.7 Å². The molecule has 11 aliphatic rings. The fourth-order valence-electron chi connectivity index (χ4n) is 17.5. The average Bonchev–Trinajstić information content (AvgIpc) is 0.736. The Labute approximate surface area is 794 Å². The summed E-state index contributed by atoms with van der Waals surface area (Å²) in [6.07, 6.45) is -142. The third kappa shape index (κ3) is 25.2. The van der Waals surface area contributed by atoms with E-state index in [9.17, 15) is 222 Å². The number of hydrogen-bond donors (Lipinski definition) is 41. The van der Waals surface area contributed by atoms with Gasteiger partial charge in [0.2, 0.25) is 0 Å². The van der Waals surface area contributed by atoms with Crippen LogP contribution in [0.2, 0.25) is 0 Å². The first-order chi connectivity index (χ1) is 66.5. The van der Waals surface area contributed by atoms with E-state index >= 15 is 0 Å². The molecule has 0 aromatic carbocycles. The summed E-state index contributed by atoms with van der Waals surface area (Å²) in [6, 6.07) is -3.71. The SMILES string of the molecule is N[C@@H]1[C@@H](O)[C@H](O)[C@@H](CO[C@@H]2O[C@H](CO[C@]3(C(=O)O)C[C@H](O[C@]4(C(=O)O)C[C@@H](O)[C@@H](O)[C@@H]([C@H](O)CO)O4)[C@@H](O[C@H]4O[C@H]([C@@H](O)CO)[C@@H](O[C@@H]5O[C@H](CO[C@@H]6O[C@H](C(=O)O)[C@H](O)[C@H](O)[C@H]6O)[C@@H](O)[C@H](O)[C@H]5O)[C@H](O[C@H]5O[C@H]([C@@H](O)CO[C@H]6O[C@H]([C@@H](O)CO)[C@@H](O)[C@H](O)[C@@H]6O)[C@@H](O)[C@H](O[C@H]6O[C@H](C(=O)O)[C@H](O[C@H]7O[C@H](CO)[C@@H](O)[C@H](O)[C@H]7O)[C@H](O)[C@H]6O)[C@@H]5O)[C@@H]4O)[C@@H]([C@H](O)CO)O3)[C@@H](OP(=O)(O)O)[C@H](O)[C@H]2N)O[C@@H]1O. The molecule has 142 heavy (non-hydrogen) atoms. The summed E-state index contributed by atoms with van der Waals surface area (Å²) in [5, 5.41) is 413. The smallest absolute Gasteiger partial charge is 0.470 e. The van der Waals surface area contributed by atoms with Gasteiger partial charge in [0, 0.05) is 12.8 Å². The molecule has 0 saturated carbocycles. The van der Waals surface area contributed by atoms with Crippen LogP contribution in [0.4, 0.5) is 0 Å². The summed E-state index contributed by atoms with van der Waals surface area (Å²) in [4.78, 5) is 74.1. The number of aliphatic hydroxyl groups is 33. The molecule has 0 aliphatic carbocycles. The average molecular weight is 2110 g/mol. The molecule has 0 unspecified atom stereocenters. The van der Waals surface area contributed by atoms with E-state index in [2.05, 4.69) is 0 Å². The van der Waals surface area contributed by atoms with Gasteiger partial charge in [0.15, 0.2) is 68.8 Å². The first kappa shape index (κ1) is 118. The van der Waals surface area contributed by atoms with Crippen LogP contribution >= 0.6 is 7.82 Å². The Hall–Kier alpha value is -4.25. The van der Waals surface area contributed by atoms with Gasteiger partial charge < -0.3 is 310 Å². The lowest BCUT2D eigenvalue weighted by molar-refractivity contribution is -0.419. The molecule has 11 saturated heterocycles. The van der Waals surface area contributed by atoms with Crippen LogP contribution in [-0.2, 0) is 128 Å². The zero-order valence-electron chi connectivity index (χ0n) is 73.2. The first-order valence-corrected chi connectivity index (χ1v) is 45.0. The Morgan fingerprint density at radius 2 is 0.746 bits per heavy atom. The van der Waals surface area contributed by atoms with Crippen molar-refractivity contribution in [2.45, 2.75) is 368 Å². The van der Waals surface area contributed by atoms with E-state index in [0.29, 0.717) is 0 Å². The van der Waals surface area contributed by atoms with Crippen molar-refractivity contribution >= 4 is 31.7 Å². The highest BCUT2D eigenvalue weighted by molar-refractivity contribution is 7.46. The van der Waals surface area contributed by atoms with Gasteiger partial charge >= 0.3 is 31.7 Å². The molecule has 58 atom stereocenters. The number of phosphoric ester groups is 1. The highest BCUT2D eigenvalue weighted by atomic mass is 31.2. The van der Waals surface area contributed by atoms with Crippen molar-refractivity contribution in [3.8, 4) is 0 Å². The molecule has 11 fully saturated rings. The summed E-state index contributed by atoms with van der Waals surface area (Å²) in [7, 11) is -5.97. The summed E-state index contributed by atoms with van der Waals surface area (Å²) in [5.41, 5.74) is 11.9. The number of aliphatic carboxylic acids is 4. The van der Waals surface area contributed by atoms with Crippen molar-refractivity contribution in [3.05, 3.63) is 0 Å². The molecular weight excluding hydrogens is 1990 g/mol. The summed E-state index contributed by atoms with van der Waals surface area (Å²) >= 11 is 0. The Balaban J connectivity index is 1.03. The van der Waals surface area contributed by atoms with Crippen molar-refractivity contribution in [2.24, 2.45) is 11.5 Å². The van der Waals surface area contributed by atoms with Gasteiger partial charge in [0.25, 0.3) is 11.6 Å². The van der Waals surface area contributed by atoms with Gasteiger partial charge in [-0.15, -0.1) is 0 Å². The quantitative estimate of drug-likeness (QED) is 0.0253. The highest BCUT2D eigenvalue weighted by Gasteiger charge is 2.67. The lowest BCUT2D eigenvalue weighted by atomic mass is 9.89. The molecule has 43 N–H and O–H groups in total. The molecule has 11 heterocycles. The third-order valence-corrected chi connectivity index (χ3v) is 26.0. The maximum absolute atomic E-state index is 14.4. The standard InChI is InChI=1S/C73H121N2O66P/c74-23-29(91)27(89)20(124-61(23)112)9-121-62-24(75)30(92)51(141-142(117,118)119)22(127-62)11-123-72(70(113)114)2-18(138-73(71(115)116)1-12(81)25(87)48(139-73)14(83)4-77)52(50(140-72)16(85)6-79)131-69-45(107)55(57(49(130-69)15(84)5-78)136-66-41(103)32(94)28(90)21(126-66)10-122-64-39(101)34(96)36(98)56(135-64)59(108)109)134-68-44(106)53(43(105)47(129-68)17(86)8-120-63-38(100)33(95)35(97)46(128-63)13(82)3-76)132-67-42(104)37(99)54(58(137-67)60(110)111)133-65-40(102)31(93)26(88)19(7-80)125-65/h12-58,61-69,76-107,112H,1-11,74-75H2,(H,108,109)(H,110,111)(H,113,114)(H,115,116)(H2,117,118,119)/t12-,13+,14-,15+,16-,17+,18+,19-,20-,21-,22-,23-,24-,25-,26-,27-,28-,29-,30-,31+,32+,33+,34+,35+,36-,37-,38+,39-,40-,41-,42-,43-,44+,45+,46-,47-,48-,49-,50-,51-,52-,53+,54-,55-,56+,57-,58+,61+,62-,63+,64-,65-,66+,67+,68-,69-,72-,73-/m1/s1. The maximum atomic E-state index is 14.4. The second kappa shape index (κ2) is 49.0. The lowest BCUT2D eigenvalue weighted by Crippen LogP contribution is -2.71. The largest absolute Gasteiger partial charge is 0.479 e. The fraction of sp³-hybridized carbons (Fsp3) is 0.945. The predicted molar refractivity (Wildman–Crippen MR) is 419 cm³/mol. The number of hydrogen-bond acceptors (Lipinski definition) is 62. The van der Waals surface area contributed by atoms with Gasteiger partial charge in [-0.05, 0) is 0 Å². The number of carboxylic acids is 4. The second-order valence-electron chi connectivity index (χ2n) is 35.1. The fourth-order valence-corrected chi connectivity index (χ4v) is 18.0. The molecular formula is C73H121N2O66P. The van der Waals surface area contributed by atoms with Crippen molar-refractivity contribution in [2.75, 3.05) is 59.5 Å². The van der Waals surface area contributed by atoms with E-state index in [1.165, 1.54) is 0 Å². The highest BCUT2D eigenvalue weighted by Crippen LogP contribution is 2.48. The van der Waals surface area contributed by atoms with Crippen molar-refractivity contribution < 1.29 is 326 Å². The molecule has 0 radical (unpaired) electrons. The van der Waals surface area contributed by atoms with Gasteiger partial charge in [-0.2, -0.15) is 0 Å². The third-order valence-electron chi connectivity index (χ3n) is 25.5. The molecule has 824 valence electrons. The first-order valence-electron chi connectivity index (χ1n) is 43.4. The number of rotatable bonds is 40. The molecule has 11 rings (SSSR count). The van der Waals surface area contributed by atoms with Gasteiger partial charge in [-0.3, -0.25) is 4.52 Å². The monoisotopic (exact) mass is 2110 g/mol. The summed E-state index contributed by atoms with van der Waals surface area (Å²) < 4.78 is 138. The Morgan fingerprint density at radius 1 is 0.331 bits per heavy atom. The van der Waals surface area contributed by atoms with E-state index in [4.69, 9.17) is 115 Å². The molecule has 0 aromatic heterocycles. The van der Waals surface area contributed by atoms with E-state index in [1.54, 1.807) is 0 Å². The van der Waals surface area contributed by atoms with Crippen LogP contribution in [0.15, 0.2) is 0 Å². The van der Waals surface area contributed by atoms with E-state index in [1.807, 2.05) is 0 Å². The number of nitrogens with two attached hydrogens (primary N) is 2.